The Bertz CT molecular complexity index is 957. The van der Waals surface area contributed by atoms with E-state index in [2.05, 4.69) is 4.98 Å². The average molecular weight is 353 g/mol. The predicted molar refractivity (Wildman–Crippen MR) is 82.9 cm³/mol. The minimum atomic E-state index is -1.01. The van der Waals surface area contributed by atoms with Gasteiger partial charge in [0.15, 0.2) is 11.6 Å². The van der Waals surface area contributed by atoms with Crippen LogP contribution >= 0.6 is 23.2 Å². The fourth-order valence-corrected chi connectivity index (χ4v) is 2.69. The summed E-state index contributed by atoms with van der Waals surface area (Å²) in [5.41, 5.74) is 3.25. The number of aromatic amines is 1. The maximum Gasteiger partial charge on any atom is 0.268 e. The number of nitriles is 2. The van der Waals surface area contributed by atoms with Gasteiger partial charge in [0.25, 0.3) is 5.56 Å². The minimum absolute atomic E-state index is 0.103. The second kappa shape index (κ2) is 6.17. The molecule has 23 heavy (non-hydrogen) atoms. The Kier molecular flexibility index (Phi) is 4.46. The number of nitrogens with one attached hydrogen (secondary N) is 1. The number of nitrogens with two attached hydrogens (primary N) is 1. The Morgan fingerprint density at radius 2 is 1.83 bits per heavy atom. The fourth-order valence-electron chi connectivity index (χ4n) is 2.08. The molecule has 0 aliphatic carbocycles. The van der Waals surface area contributed by atoms with Crippen molar-refractivity contribution in [2.24, 2.45) is 0 Å². The molecule has 1 heterocycles. The molecule has 9 heteroatoms. The van der Waals surface area contributed by atoms with Crippen molar-refractivity contribution < 1.29 is 9.13 Å². The lowest BCUT2D eigenvalue weighted by Gasteiger charge is -2.14. The summed E-state index contributed by atoms with van der Waals surface area (Å²) in [4.78, 5) is 14.0. The molecule has 1 aromatic carbocycles. The molecule has 116 valence electrons. The molecule has 0 unspecified atom stereocenters. The van der Waals surface area contributed by atoms with Crippen LogP contribution in [0.4, 0.5) is 10.2 Å². The zero-order valence-corrected chi connectivity index (χ0v) is 13.0. The molecule has 2 rings (SSSR count). The molecule has 1 aromatic heterocycles. The number of ether oxygens (including phenoxy) is 1. The van der Waals surface area contributed by atoms with Crippen LogP contribution in [0.3, 0.4) is 0 Å². The minimum Gasteiger partial charge on any atom is -0.492 e. The van der Waals surface area contributed by atoms with E-state index in [0.717, 1.165) is 0 Å². The Morgan fingerprint density at radius 3 is 2.35 bits per heavy atom. The van der Waals surface area contributed by atoms with E-state index in [1.54, 1.807) is 12.1 Å². The average Bonchev–Trinajstić information content (AvgIpc) is 2.47. The summed E-state index contributed by atoms with van der Waals surface area (Å²) in [5, 5.41) is 18.1. The summed E-state index contributed by atoms with van der Waals surface area (Å²) in [6, 6.07) is 4.53. The third-order valence-electron chi connectivity index (χ3n) is 3.05. The SMILES string of the molecule is COc1c(Cl)cc(Cl)c(-c2c(C#N)c(N)[nH]c(=O)c2C#N)c1F. The van der Waals surface area contributed by atoms with Gasteiger partial charge in [-0.3, -0.25) is 4.79 Å². The van der Waals surface area contributed by atoms with Gasteiger partial charge >= 0.3 is 0 Å². The first-order chi connectivity index (χ1) is 10.9. The summed E-state index contributed by atoms with van der Waals surface area (Å²) in [7, 11) is 1.19. The largest absolute Gasteiger partial charge is 0.492 e. The quantitative estimate of drug-likeness (QED) is 0.861. The van der Waals surface area contributed by atoms with Crippen LogP contribution in [0, 0.1) is 28.5 Å². The number of nitrogen functional groups attached to an aromatic ring is 1. The van der Waals surface area contributed by atoms with Gasteiger partial charge in [-0.2, -0.15) is 10.5 Å². The number of pyridine rings is 1. The van der Waals surface area contributed by atoms with Crippen molar-refractivity contribution in [3.05, 3.63) is 43.4 Å². The number of hydrogen-bond donors (Lipinski definition) is 2. The summed E-state index contributed by atoms with van der Waals surface area (Å²) < 4.78 is 19.6. The number of halogens is 3. The summed E-state index contributed by atoms with van der Waals surface area (Å²) in [6.45, 7) is 0. The summed E-state index contributed by atoms with van der Waals surface area (Å²) >= 11 is 11.8. The van der Waals surface area contributed by atoms with Gasteiger partial charge in [-0.15, -0.1) is 0 Å². The van der Waals surface area contributed by atoms with E-state index >= 15 is 0 Å². The summed E-state index contributed by atoms with van der Waals surface area (Å²) in [5.74, 6) is -1.66. The number of nitrogens with zero attached hydrogens (tertiary/aromatic N) is 2. The van der Waals surface area contributed by atoms with Crippen LogP contribution in [0.15, 0.2) is 10.9 Å². The first kappa shape index (κ1) is 16.6. The van der Waals surface area contributed by atoms with Crippen molar-refractivity contribution in [1.29, 1.82) is 10.5 Å². The number of hydrogen-bond acceptors (Lipinski definition) is 5. The zero-order valence-electron chi connectivity index (χ0n) is 11.5. The van der Waals surface area contributed by atoms with Crippen LogP contribution in [0.2, 0.25) is 10.0 Å². The van der Waals surface area contributed by atoms with Crippen molar-refractivity contribution in [3.8, 4) is 29.0 Å². The number of H-pyrrole nitrogens is 1. The molecule has 0 saturated heterocycles. The van der Waals surface area contributed by atoms with Gasteiger partial charge in [0.1, 0.15) is 29.1 Å². The highest BCUT2D eigenvalue weighted by molar-refractivity contribution is 6.37. The normalized spacial score (nSPS) is 10.0. The summed E-state index contributed by atoms with van der Waals surface area (Å²) in [6.07, 6.45) is 0. The van der Waals surface area contributed by atoms with Crippen LogP contribution in [-0.4, -0.2) is 12.1 Å². The molecule has 0 saturated carbocycles. The smallest absolute Gasteiger partial charge is 0.268 e. The first-order valence-corrected chi connectivity index (χ1v) is 6.70. The molecule has 0 atom stereocenters. The van der Waals surface area contributed by atoms with Gasteiger partial charge in [0.05, 0.1) is 17.2 Å². The molecule has 0 fully saturated rings. The molecular weight excluding hydrogens is 346 g/mol. The molecule has 0 amide bonds. The van der Waals surface area contributed by atoms with Crippen molar-refractivity contribution in [1.82, 2.24) is 4.98 Å². The lowest BCUT2D eigenvalue weighted by atomic mass is 9.96. The van der Waals surface area contributed by atoms with E-state index in [-0.39, 0.29) is 38.3 Å². The predicted octanol–water partition coefficient (Wildman–Crippen LogP) is 2.82. The molecule has 0 aliphatic heterocycles. The lowest BCUT2D eigenvalue weighted by Crippen LogP contribution is -2.17. The van der Waals surface area contributed by atoms with E-state index in [0.29, 0.717) is 0 Å². The Labute approximate surface area is 139 Å². The van der Waals surface area contributed by atoms with Gasteiger partial charge in [-0.25, -0.2) is 4.39 Å². The molecule has 0 bridgehead atoms. The highest BCUT2D eigenvalue weighted by atomic mass is 35.5. The highest BCUT2D eigenvalue weighted by Crippen LogP contribution is 2.42. The van der Waals surface area contributed by atoms with Crippen molar-refractivity contribution >= 4 is 29.0 Å². The number of rotatable bonds is 2. The van der Waals surface area contributed by atoms with Crippen LogP contribution in [0.1, 0.15) is 11.1 Å². The third kappa shape index (κ3) is 2.57. The monoisotopic (exact) mass is 352 g/mol. The van der Waals surface area contributed by atoms with Gasteiger partial charge in [-0.1, -0.05) is 23.2 Å². The molecular formula is C14H7Cl2FN4O2. The van der Waals surface area contributed by atoms with Crippen molar-refractivity contribution in [2.75, 3.05) is 12.8 Å². The maximum absolute atomic E-state index is 14.7. The van der Waals surface area contributed by atoms with Crippen LogP contribution < -0.4 is 16.0 Å². The lowest BCUT2D eigenvalue weighted by molar-refractivity contribution is 0.387. The molecule has 0 spiro atoms. The van der Waals surface area contributed by atoms with Gasteiger partial charge in [-0.05, 0) is 6.07 Å². The molecule has 3 N–H and O–H groups in total. The number of methoxy groups -OCH3 is 1. The Balaban J connectivity index is 3.09. The topological polar surface area (TPSA) is 116 Å². The van der Waals surface area contributed by atoms with Gasteiger partial charge < -0.3 is 15.5 Å². The van der Waals surface area contributed by atoms with E-state index in [9.17, 15) is 19.7 Å². The van der Waals surface area contributed by atoms with Crippen LogP contribution in [0.25, 0.3) is 11.1 Å². The Hall–Kier alpha value is -2.74. The standard InChI is InChI=1S/C14H7Cl2FN4O2/c1-23-12-8(16)2-7(15)10(11(12)17)9-5(3-18)13(20)21-14(22)6(9)4-19/h2H,1H3,(H3,20,21,22). The molecule has 0 aliphatic rings. The van der Waals surface area contributed by atoms with E-state index < -0.39 is 16.9 Å². The van der Waals surface area contributed by atoms with Gasteiger partial charge in [0, 0.05) is 11.1 Å². The number of anilines is 1. The van der Waals surface area contributed by atoms with E-state index in [1.165, 1.54) is 13.2 Å². The van der Waals surface area contributed by atoms with Crippen LogP contribution in [-0.2, 0) is 0 Å². The van der Waals surface area contributed by atoms with Gasteiger partial charge in [0.2, 0.25) is 0 Å². The first-order valence-electron chi connectivity index (χ1n) is 5.95. The Morgan fingerprint density at radius 1 is 1.22 bits per heavy atom. The second-order valence-electron chi connectivity index (χ2n) is 4.28. The molecule has 6 nitrogen and oxygen atoms in total. The highest BCUT2D eigenvalue weighted by Gasteiger charge is 2.26. The fraction of sp³-hybridized carbons (Fsp3) is 0.0714. The molecule has 2 aromatic rings. The maximum atomic E-state index is 14.7. The van der Waals surface area contributed by atoms with Crippen molar-refractivity contribution in [3.63, 3.8) is 0 Å². The second-order valence-corrected chi connectivity index (χ2v) is 5.09. The number of benzene rings is 1. The van der Waals surface area contributed by atoms with Crippen LogP contribution in [0.5, 0.6) is 5.75 Å². The molecule has 0 radical (unpaired) electrons. The van der Waals surface area contributed by atoms with E-state index in [1.807, 2.05) is 0 Å². The zero-order chi connectivity index (χ0) is 17.3. The third-order valence-corrected chi connectivity index (χ3v) is 3.63. The van der Waals surface area contributed by atoms with E-state index in [4.69, 9.17) is 33.7 Å². The number of aromatic nitrogens is 1. The van der Waals surface area contributed by atoms with Crippen molar-refractivity contribution in [2.45, 2.75) is 0 Å².